The number of carboxylic acid groups (broad SMARTS) is 1. The third-order valence-electron chi connectivity index (χ3n) is 6.15. The number of hydrogen-bond donors (Lipinski definition) is 4. The minimum atomic E-state index is -1.01. The molecule has 2 aromatic carbocycles. The predicted molar refractivity (Wildman–Crippen MR) is 117 cm³/mol. The van der Waals surface area contributed by atoms with Crippen molar-refractivity contribution in [1.29, 1.82) is 0 Å². The van der Waals surface area contributed by atoms with Gasteiger partial charge in [0.1, 0.15) is 11.3 Å². The van der Waals surface area contributed by atoms with Gasteiger partial charge in [0.25, 0.3) is 5.91 Å². The second kappa shape index (κ2) is 7.19. The Hall–Kier alpha value is -3.74. The maximum Gasteiger partial charge on any atom is 0.405 e. The molecule has 5 rings (SSSR count). The fourth-order valence-corrected chi connectivity index (χ4v) is 4.50. The molecular weight excluding hydrogens is 394 g/mol. The summed E-state index contributed by atoms with van der Waals surface area (Å²) in [5.74, 6) is 0.886. The Balaban J connectivity index is 1.60. The van der Waals surface area contributed by atoms with Crippen LogP contribution in [0.2, 0.25) is 0 Å². The van der Waals surface area contributed by atoms with E-state index in [-0.39, 0.29) is 12.1 Å². The lowest BCUT2D eigenvalue weighted by Crippen LogP contribution is -2.50. The second-order valence-electron chi connectivity index (χ2n) is 8.16. The van der Waals surface area contributed by atoms with Crippen LogP contribution in [-0.2, 0) is 5.54 Å². The number of carbonyl (C=O) groups is 2. The molecule has 2 heterocycles. The first-order valence-electron chi connectivity index (χ1n) is 10.4. The molecule has 0 saturated heterocycles. The third kappa shape index (κ3) is 3.22. The van der Waals surface area contributed by atoms with Gasteiger partial charge in [-0.05, 0) is 37.3 Å². The predicted octanol–water partition coefficient (Wildman–Crippen LogP) is 4.76. The average molecular weight is 417 g/mol. The number of furan rings is 1. The highest BCUT2D eigenvalue weighted by Crippen LogP contribution is 2.45. The van der Waals surface area contributed by atoms with E-state index in [9.17, 15) is 14.7 Å². The zero-order valence-corrected chi connectivity index (χ0v) is 17.1. The van der Waals surface area contributed by atoms with Crippen LogP contribution in [0.5, 0.6) is 0 Å². The van der Waals surface area contributed by atoms with Gasteiger partial charge < -0.3 is 25.5 Å². The van der Waals surface area contributed by atoms with E-state index in [1.165, 1.54) is 0 Å². The van der Waals surface area contributed by atoms with E-state index in [0.717, 1.165) is 41.5 Å². The molecule has 0 spiro atoms. The first-order chi connectivity index (χ1) is 15.0. The Morgan fingerprint density at radius 3 is 2.35 bits per heavy atom. The van der Waals surface area contributed by atoms with E-state index in [0.29, 0.717) is 17.2 Å². The molecule has 31 heavy (non-hydrogen) atoms. The Kier molecular flexibility index (Phi) is 4.46. The summed E-state index contributed by atoms with van der Waals surface area (Å²) in [7, 11) is 0. The van der Waals surface area contributed by atoms with Crippen LogP contribution < -0.4 is 16.0 Å². The molecule has 7 heteroatoms. The minimum Gasteiger partial charge on any atom is -0.465 e. The minimum absolute atomic E-state index is 0.175. The van der Waals surface area contributed by atoms with Gasteiger partial charge in [-0.25, -0.2) is 4.79 Å². The molecule has 4 N–H and O–H groups in total. The highest BCUT2D eigenvalue weighted by molar-refractivity contribution is 6.09. The summed E-state index contributed by atoms with van der Waals surface area (Å²) >= 11 is 0. The van der Waals surface area contributed by atoms with Crippen LogP contribution in [0, 0.1) is 0 Å². The summed E-state index contributed by atoms with van der Waals surface area (Å²) in [5, 5.41) is 18.0. The smallest absolute Gasteiger partial charge is 0.405 e. The van der Waals surface area contributed by atoms with Gasteiger partial charge in [0.15, 0.2) is 0 Å². The standard InChI is InChI=1S/C24H23N3O4/c1-14-25-21(28)19-18(15-6-3-2-4-7-15)20(31-22(19)26-14)16-8-10-17(11-9-16)24(12-5-13-24)27-23(29)30/h2-4,6-11,14,26-27H,5,12-13H2,1H3,(H,25,28)(H,29,30). The largest absolute Gasteiger partial charge is 0.465 e. The fourth-order valence-electron chi connectivity index (χ4n) is 4.50. The second-order valence-corrected chi connectivity index (χ2v) is 8.16. The molecule has 1 atom stereocenters. The van der Waals surface area contributed by atoms with Crippen LogP contribution in [0.3, 0.4) is 0 Å². The van der Waals surface area contributed by atoms with Gasteiger partial charge in [-0.2, -0.15) is 0 Å². The van der Waals surface area contributed by atoms with Crippen LogP contribution in [0.1, 0.15) is 42.1 Å². The van der Waals surface area contributed by atoms with Crippen LogP contribution in [0.25, 0.3) is 22.5 Å². The summed E-state index contributed by atoms with van der Waals surface area (Å²) in [6, 6.07) is 17.4. The lowest BCUT2D eigenvalue weighted by molar-refractivity contribution is 0.0938. The van der Waals surface area contributed by atoms with Crippen molar-refractivity contribution in [2.24, 2.45) is 0 Å². The van der Waals surface area contributed by atoms with Gasteiger partial charge >= 0.3 is 6.09 Å². The topological polar surface area (TPSA) is 104 Å². The molecule has 3 aromatic rings. The van der Waals surface area contributed by atoms with Crippen molar-refractivity contribution in [3.8, 4) is 22.5 Å². The van der Waals surface area contributed by atoms with Crippen molar-refractivity contribution in [1.82, 2.24) is 10.6 Å². The SMILES string of the molecule is CC1NC(=O)c2c(oc(-c3ccc(C4(NC(=O)O)CCC4)cc3)c2-c2ccccc2)N1. The van der Waals surface area contributed by atoms with E-state index < -0.39 is 11.6 Å². The first-order valence-corrected chi connectivity index (χ1v) is 10.4. The lowest BCUT2D eigenvalue weighted by Gasteiger charge is -2.42. The number of carbonyl (C=O) groups excluding carboxylic acids is 1. The zero-order valence-electron chi connectivity index (χ0n) is 17.1. The average Bonchev–Trinajstić information content (AvgIpc) is 3.11. The number of amides is 2. The van der Waals surface area contributed by atoms with Crippen molar-refractivity contribution in [3.63, 3.8) is 0 Å². The Morgan fingerprint density at radius 1 is 1.03 bits per heavy atom. The van der Waals surface area contributed by atoms with E-state index >= 15 is 0 Å². The Morgan fingerprint density at radius 2 is 1.74 bits per heavy atom. The molecule has 0 radical (unpaired) electrons. The molecule has 7 nitrogen and oxygen atoms in total. The van der Waals surface area contributed by atoms with Gasteiger partial charge in [-0.3, -0.25) is 4.79 Å². The van der Waals surface area contributed by atoms with Crippen molar-refractivity contribution >= 4 is 17.9 Å². The monoisotopic (exact) mass is 417 g/mol. The van der Waals surface area contributed by atoms with Gasteiger partial charge in [0, 0.05) is 11.1 Å². The Labute approximate surface area is 179 Å². The van der Waals surface area contributed by atoms with Crippen LogP contribution in [-0.4, -0.2) is 23.3 Å². The number of hydrogen-bond acceptors (Lipinski definition) is 4. The van der Waals surface area contributed by atoms with Gasteiger partial charge in [-0.1, -0.05) is 54.6 Å². The number of rotatable bonds is 4. The van der Waals surface area contributed by atoms with Crippen LogP contribution in [0.4, 0.5) is 10.7 Å². The first kappa shape index (κ1) is 19.2. The van der Waals surface area contributed by atoms with E-state index in [1.807, 2.05) is 61.5 Å². The lowest BCUT2D eigenvalue weighted by atomic mass is 9.71. The van der Waals surface area contributed by atoms with E-state index in [1.54, 1.807) is 0 Å². The zero-order chi connectivity index (χ0) is 21.6. The summed E-state index contributed by atoms with van der Waals surface area (Å²) < 4.78 is 6.17. The van der Waals surface area contributed by atoms with Gasteiger partial charge in [0.05, 0.1) is 11.7 Å². The highest BCUT2D eigenvalue weighted by atomic mass is 16.4. The fraction of sp³-hybridized carbons (Fsp3) is 0.250. The number of anilines is 1. The third-order valence-corrected chi connectivity index (χ3v) is 6.15. The molecular formula is C24H23N3O4. The summed E-state index contributed by atoms with van der Waals surface area (Å²) in [4.78, 5) is 24.1. The maximum atomic E-state index is 12.8. The number of nitrogens with one attached hydrogen (secondary N) is 3. The normalized spacial score (nSPS) is 18.9. The van der Waals surface area contributed by atoms with Crippen molar-refractivity contribution in [3.05, 3.63) is 65.7 Å². The van der Waals surface area contributed by atoms with E-state index in [2.05, 4.69) is 16.0 Å². The molecule has 1 fully saturated rings. The highest BCUT2D eigenvalue weighted by Gasteiger charge is 2.40. The van der Waals surface area contributed by atoms with Crippen LogP contribution in [0.15, 0.2) is 59.0 Å². The van der Waals surface area contributed by atoms with Crippen molar-refractivity contribution < 1.29 is 19.1 Å². The summed E-state index contributed by atoms with van der Waals surface area (Å²) in [6.45, 7) is 1.85. The molecule has 1 saturated carbocycles. The molecule has 2 aliphatic rings. The molecule has 1 aliphatic heterocycles. The summed E-state index contributed by atoms with van der Waals surface area (Å²) in [6.07, 6.45) is 1.31. The molecule has 1 aliphatic carbocycles. The van der Waals surface area contributed by atoms with Crippen molar-refractivity contribution in [2.75, 3.05) is 5.32 Å². The Bertz CT molecular complexity index is 1150. The molecule has 158 valence electrons. The molecule has 2 amide bonds. The molecule has 1 unspecified atom stereocenters. The molecule has 0 bridgehead atoms. The van der Waals surface area contributed by atoms with Crippen LogP contribution >= 0.6 is 0 Å². The number of fused-ring (bicyclic) bond motifs is 1. The molecule has 1 aromatic heterocycles. The number of benzene rings is 2. The van der Waals surface area contributed by atoms with Crippen molar-refractivity contribution in [2.45, 2.75) is 37.9 Å². The maximum absolute atomic E-state index is 12.8. The van der Waals surface area contributed by atoms with Gasteiger partial charge in [0.2, 0.25) is 5.88 Å². The quantitative estimate of drug-likeness (QED) is 0.490. The van der Waals surface area contributed by atoms with Gasteiger partial charge in [-0.15, -0.1) is 0 Å². The summed E-state index contributed by atoms with van der Waals surface area (Å²) in [5.41, 5.74) is 3.36. The van der Waals surface area contributed by atoms with E-state index in [4.69, 9.17) is 4.42 Å².